The number of rotatable bonds is 3. The molecule has 2 N–H and O–H groups in total. The second-order valence-electron chi connectivity index (χ2n) is 7.67. The lowest BCUT2D eigenvalue weighted by Crippen LogP contribution is -2.38. The molecule has 0 bridgehead atoms. The third kappa shape index (κ3) is 3.59. The maximum absolute atomic E-state index is 14.6. The van der Waals surface area contributed by atoms with E-state index in [-0.39, 0.29) is 36.7 Å². The number of benzene rings is 1. The van der Waals surface area contributed by atoms with Crippen LogP contribution in [0.5, 0.6) is 0 Å². The molecule has 1 fully saturated rings. The first-order chi connectivity index (χ1) is 15.0. The van der Waals surface area contributed by atoms with Crippen molar-refractivity contribution in [2.24, 2.45) is 0 Å². The molecule has 9 heteroatoms. The van der Waals surface area contributed by atoms with Gasteiger partial charge < -0.3 is 15.3 Å². The van der Waals surface area contributed by atoms with E-state index < -0.39 is 11.9 Å². The first kappa shape index (κ1) is 21.5. The summed E-state index contributed by atoms with van der Waals surface area (Å²) in [5.74, 6) is -0.144. The smallest absolute Gasteiger partial charge is 0.255 e. The Morgan fingerprint density at radius 3 is 2.91 bits per heavy atom. The fraction of sp³-hybridized carbons (Fsp3) is 0.304. The van der Waals surface area contributed by atoms with Crippen LogP contribution >= 0.6 is 0 Å². The molecule has 0 saturated carbocycles. The number of hydrogen-bond donors (Lipinski definition) is 2. The zero-order chi connectivity index (χ0) is 21.5. The van der Waals surface area contributed by atoms with E-state index in [9.17, 15) is 19.6 Å². The number of aliphatic hydroxyl groups excluding tert-OH is 1. The van der Waals surface area contributed by atoms with Gasteiger partial charge in [0, 0.05) is 25.4 Å². The second-order valence-corrected chi connectivity index (χ2v) is 7.67. The van der Waals surface area contributed by atoms with Crippen LogP contribution in [0.1, 0.15) is 41.9 Å². The largest absolute Gasteiger partial charge is 0.391 e. The van der Waals surface area contributed by atoms with Crippen molar-refractivity contribution in [2.45, 2.75) is 32.9 Å². The molecule has 1 saturated heterocycles. The van der Waals surface area contributed by atoms with Gasteiger partial charge in [0.15, 0.2) is 5.82 Å². The minimum atomic E-state index is -0.557. The van der Waals surface area contributed by atoms with Crippen LogP contribution in [0.3, 0.4) is 0 Å². The normalized spacial score (nSPS) is 17.3. The van der Waals surface area contributed by atoms with Gasteiger partial charge in [-0.15, -0.1) is 0 Å². The lowest BCUT2D eigenvalue weighted by atomic mass is 10.0. The number of fused-ring (bicyclic) bond motifs is 1. The predicted molar refractivity (Wildman–Crippen MR) is 117 cm³/mol. The molecule has 164 valence electrons. The van der Waals surface area contributed by atoms with Crippen LogP contribution in [0.25, 0.3) is 16.9 Å². The minimum absolute atomic E-state index is 0. The number of halogens is 1. The zero-order valence-electron chi connectivity index (χ0n) is 16.5. The number of amides is 1. The van der Waals surface area contributed by atoms with Crippen molar-refractivity contribution in [1.82, 2.24) is 20.1 Å². The summed E-state index contributed by atoms with van der Waals surface area (Å²) < 4.78 is 16.2. The van der Waals surface area contributed by atoms with Crippen molar-refractivity contribution in [3.63, 3.8) is 0 Å². The molecule has 1 atom stereocenters. The van der Waals surface area contributed by atoms with Crippen LogP contribution in [0.2, 0.25) is 0 Å². The van der Waals surface area contributed by atoms with E-state index in [1.54, 1.807) is 16.9 Å². The summed E-state index contributed by atoms with van der Waals surface area (Å²) in [5, 5.41) is 26.8. The van der Waals surface area contributed by atoms with Gasteiger partial charge in [-0.3, -0.25) is 4.79 Å². The first-order valence-corrected chi connectivity index (χ1v) is 10.1. The van der Waals surface area contributed by atoms with Crippen LogP contribution in [0.15, 0.2) is 36.5 Å². The summed E-state index contributed by atoms with van der Waals surface area (Å²) in [6.45, 7) is 1.50. The molecule has 5 rings (SSSR count). The number of carbonyl (C=O) groups is 1. The minimum Gasteiger partial charge on any atom is -0.391 e. The predicted octanol–water partition coefficient (Wildman–Crippen LogP) is 2.79. The molecule has 2 aliphatic heterocycles. The highest BCUT2D eigenvalue weighted by atomic mass is 19.1. The van der Waals surface area contributed by atoms with Gasteiger partial charge in [0.05, 0.1) is 52.5 Å². The van der Waals surface area contributed by atoms with Crippen LogP contribution < -0.4 is 10.2 Å². The highest BCUT2D eigenvalue weighted by Gasteiger charge is 2.28. The van der Waals surface area contributed by atoms with Gasteiger partial charge in [0.2, 0.25) is 0 Å². The molecule has 0 unspecified atom stereocenters. The number of nitrogens with zero attached hydrogens (tertiary/aromatic N) is 5. The highest BCUT2D eigenvalue weighted by Crippen LogP contribution is 2.31. The number of nitriles is 1. The lowest BCUT2D eigenvalue weighted by molar-refractivity contribution is 0.0965. The van der Waals surface area contributed by atoms with Gasteiger partial charge in [0.1, 0.15) is 5.82 Å². The summed E-state index contributed by atoms with van der Waals surface area (Å²) in [6, 6.07) is 9.70. The average Bonchev–Trinajstić information content (AvgIpc) is 3.40. The molecular weight excluding hydrogens is 411 g/mol. The van der Waals surface area contributed by atoms with Crippen LogP contribution in [-0.2, 0) is 6.54 Å². The number of nitrogens with one attached hydrogen (secondary N) is 1. The fourth-order valence-corrected chi connectivity index (χ4v) is 4.18. The van der Waals surface area contributed by atoms with E-state index in [4.69, 9.17) is 0 Å². The maximum atomic E-state index is 14.6. The molecule has 0 radical (unpaired) electrons. The number of pyridine rings is 1. The number of anilines is 1. The average molecular weight is 434 g/mol. The van der Waals surface area contributed by atoms with Gasteiger partial charge in [-0.05, 0) is 31.0 Å². The Hall–Kier alpha value is -3.77. The van der Waals surface area contributed by atoms with Gasteiger partial charge in [-0.2, -0.15) is 10.4 Å². The van der Waals surface area contributed by atoms with Crippen LogP contribution in [0, 0.1) is 17.1 Å². The zero-order valence-corrected chi connectivity index (χ0v) is 16.5. The molecule has 3 aromatic rings. The number of piperidine rings is 1. The van der Waals surface area contributed by atoms with Crippen molar-refractivity contribution in [1.29, 1.82) is 5.26 Å². The summed E-state index contributed by atoms with van der Waals surface area (Å²) >= 11 is 0. The highest BCUT2D eigenvalue weighted by molar-refractivity contribution is 6.01. The van der Waals surface area contributed by atoms with Crippen molar-refractivity contribution in [2.75, 3.05) is 18.0 Å². The number of aromatic nitrogens is 3. The topological polar surface area (TPSA) is 107 Å². The van der Waals surface area contributed by atoms with Gasteiger partial charge in [0.25, 0.3) is 5.91 Å². The molecule has 0 aliphatic carbocycles. The van der Waals surface area contributed by atoms with E-state index in [2.05, 4.69) is 15.4 Å². The molecule has 2 aromatic heterocycles. The number of carbonyl (C=O) groups excluding carboxylic acids is 1. The van der Waals surface area contributed by atoms with E-state index in [0.29, 0.717) is 29.3 Å². The van der Waals surface area contributed by atoms with Crippen LogP contribution in [0.4, 0.5) is 10.2 Å². The fourth-order valence-electron chi connectivity index (χ4n) is 4.18. The van der Waals surface area contributed by atoms with Gasteiger partial charge in [-0.25, -0.2) is 14.1 Å². The van der Waals surface area contributed by atoms with E-state index >= 15 is 0 Å². The Morgan fingerprint density at radius 2 is 2.12 bits per heavy atom. The second kappa shape index (κ2) is 8.40. The van der Waals surface area contributed by atoms with Gasteiger partial charge in [-0.1, -0.05) is 13.5 Å². The first-order valence-electron chi connectivity index (χ1n) is 10.1. The van der Waals surface area contributed by atoms with E-state index in [1.807, 2.05) is 17.0 Å². The molecule has 32 heavy (non-hydrogen) atoms. The summed E-state index contributed by atoms with van der Waals surface area (Å²) in [4.78, 5) is 19.0. The Balaban J connectivity index is 0.00000245. The van der Waals surface area contributed by atoms with E-state index in [1.165, 1.54) is 18.2 Å². The summed E-state index contributed by atoms with van der Waals surface area (Å²) in [7, 11) is 0. The Labute approximate surface area is 184 Å². The molecule has 4 heterocycles. The third-order valence-electron chi connectivity index (χ3n) is 5.65. The summed E-state index contributed by atoms with van der Waals surface area (Å²) in [6.07, 6.45) is 2.97. The molecule has 1 aromatic carbocycles. The molecule has 2 aliphatic rings. The number of hydrogen-bond acceptors (Lipinski definition) is 6. The number of aliphatic hydroxyl groups is 1. The lowest BCUT2D eigenvalue weighted by Gasteiger charge is -2.29. The molecule has 1 amide bonds. The quantitative estimate of drug-likeness (QED) is 0.657. The number of β-amino-alcohol motifs (C(OH)–C–C–N with tert-alkyl or cyclic N) is 1. The maximum Gasteiger partial charge on any atom is 0.255 e. The Bertz CT molecular complexity index is 1230. The van der Waals surface area contributed by atoms with E-state index in [0.717, 1.165) is 19.4 Å². The Morgan fingerprint density at radius 1 is 1.28 bits per heavy atom. The Kier molecular flexibility index (Phi) is 5.63. The van der Waals surface area contributed by atoms with Crippen molar-refractivity contribution in [3.05, 3.63) is 59.2 Å². The van der Waals surface area contributed by atoms with Crippen molar-refractivity contribution >= 4 is 11.7 Å². The molecule has 0 spiro atoms. The molecular formula is C23H23FN6O2. The summed E-state index contributed by atoms with van der Waals surface area (Å²) in [5.41, 5.74) is 1.86. The van der Waals surface area contributed by atoms with Crippen LogP contribution in [-0.4, -0.2) is 45.0 Å². The SMILES string of the molecule is C.N#Cc1cccc(F)c1-c1cc(-n2ccc(N3CCC[C@@H](O)C3)n2)c2c(n1)CNC2=O. The molecule has 8 nitrogen and oxygen atoms in total. The van der Waals surface area contributed by atoms with Crippen molar-refractivity contribution in [3.8, 4) is 23.0 Å². The van der Waals surface area contributed by atoms with Crippen molar-refractivity contribution < 1.29 is 14.3 Å². The third-order valence-corrected chi connectivity index (χ3v) is 5.65. The van der Waals surface area contributed by atoms with Gasteiger partial charge >= 0.3 is 0 Å². The standard InChI is InChI=1S/C22H19FN6O2.CH4/c23-15-5-1-3-13(10-24)20(15)16-9-18(21-17(26-16)11-25-22(21)31)29-8-6-19(27-29)28-7-2-4-14(30)12-28;/h1,3,5-6,8-9,14,30H,2,4,7,11-12H2,(H,25,31);1H4/t14-;/m1./s1. The monoisotopic (exact) mass is 434 g/mol.